The smallest absolute Gasteiger partial charge is 0.264 e. The van der Waals surface area contributed by atoms with Gasteiger partial charge in [0.15, 0.2) is 17.5 Å². The van der Waals surface area contributed by atoms with Crippen molar-refractivity contribution in [1.82, 2.24) is 14.1 Å². The van der Waals surface area contributed by atoms with E-state index in [2.05, 4.69) is 0 Å². The van der Waals surface area contributed by atoms with Gasteiger partial charge in [0.2, 0.25) is 15.9 Å². The summed E-state index contributed by atoms with van der Waals surface area (Å²) in [5, 5.41) is 1.79. The number of hydrogen-bond acceptors (Lipinski definition) is 5. The summed E-state index contributed by atoms with van der Waals surface area (Å²) >= 11 is 1.30. The van der Waals surface area contributed by atoms with Gasteiger partial charge in [-0.25, -0.2) is 21.6 Å². The first kappa shape index (κ1) is 22.7. The van der Waals surface area contributed by atoms with Crippen LogP contribution in [0.3, 0.4) is 0 Å². The molecule has 0 unspecified atom stereocenters. The van der Waals surface area contributed by atoms with E-state index in [-0.39, 0.29) is 38.0 Å². The summed E-state index contributed by atoms with van der Waals surface area (Å²) in [5.74, 6) is -5.56. The Labute approximate surface area is 187 Å². The fraction of sp³-hybridized carbons (Fsp3) is 0.400. The number of carbonyl (C=O) groups is 2. The molecule has 1 atom stereocenters. The van der Waals surface area contributed by atoms with Gasteiger partial charge in [-0.1, -0.05) is 6.07 Å². The second-order valence-corrected chi connectivity index (χ2v) is 10.4. The molecule has 1 aromatic carbocycles. The minimum Gasteiger partial charge on any atom is -0.338 e. The number of amides is 2. The lowest BCUT2D eigenvalue weighted by molar-refractivity contribution is -0.136. The molecular formula is C20H20F3N3O4S2. The van der Waals surface area contributed by atoms with Gasteiger partial charge in [0, 0.05) is 32.7 Å². The maximum atomic E-state index is 14.0. The molecule has 4 rings (SSSR count). The molecule has 2 amide bonds. The second-order valence-electron chi connectivity index (χ2n) is 7.54. The van der Waals surface area contributed by atoms with Crippen LogP contribution in [0, 0.1) is 17.5 Å². The van der Waals surface area contributed by atoms with Gasteiger partial charge in [-0.3, -0.25) is 9.59 Å². The van der Waals surface area contributed by atoms with Gasteiger partial charge in [-0.2, -0.15) is 4.31 Å². The summed E-state index contributed by atoms with van der Waals surface area (Å²) in [4.78, 5) is 28.4. The summed E-state index contributed by atoms with van der Waals surface area (Å²) in [5.41, 5.74) is 0. The Hall–Kier alpha value is -2.44. The lowest BCUT2D eigenvalue weighted by Gasteiger charge is -2.36. The minimum atomic E-state index is -4.40. The number of sulfonamides is 1. The standard InChI is InChI=1S/C20H20F3N3O4S2/c21-13-5-6-16(18(23)17(13)22)32(29,30)25-10-8-24(9-11-25)19(27)14-3-1-7-26(14)20(28)15-4-2-12-31-15/h2,4-6,12,14H,1,3,7-11H2/t14-/m0/s1. The van der Waals surface area contributed by atoms with Crippen LogP contribution in [-0.2, 0) is 14.8 Å². The van der Waals surface area contributed by atoms with Gasteiger partial charge < -0.3 is 9.80 Å². The van der Waals surface area contributed by atoms with Crippen molar-refractivity contribution in [2.24, 2.45) is 0 Å². The quantitative estimate of drug-likeness (QED) is 0.621. The molecule has 0 aliphatic carbocycles. The number of piperazine rings is 1. The van der Waals surface area contributed by atoms with E-state index < -0.39 is 38.4 Å². The van der Waals surface area contributed by atoms with Crippen molar-refractivity contribution in [1.29, 1.82) is 0 Å². The molecule has 2 saturated heterocycles. The average Bonchev–Trinajstić information content (AvgIpc) is 3.49. The van der Waals surface area contributed by atoms with E-state index in [4.69, 9.17) is 0 Å². The lowest BCUT2D eigenvalue weighted by atomic mass is 10.1. The number of rotatable bonds is 4. The molecular weight excluding hydrogens is 467 g/mol. The largest absolute Gasteiger partial charge is 0.338 e. The Morgan fingerprint density at radius 1 is 0.969 bits per heavy atom. The maximum Gasteiger partial charge on any atom is 0.264 e. The number of benzene rings is 1. The summed E-state index contributed by atoms with van der Waals surface area (Å²) in [6.45, 7) is 0.300. The molecule has 0 saturated carbocycles. The highest BCUT2D eigenvalue weighted by molar-refractivity contribution is 7.89. The van der Waals surface area contributed by atoms with E-state index in [0.717, 1.165) is 4.31 Å². The predicted octanol–water partition coefficient (Wildman–Crippen LogP) is 2.30. The van der Waals surface area contributed by atoms with Crippen LogP contribution in [0.15, 0.2) is 34.5 Å². The minimum absolute atomic E-state index is 0.0426. The zero-order valence-electron chi connectivity index (χ0n) is 16.8. The third-order valence-electron chi connectivity index (χ3n) is 5.70. The van der Waals surface area contributed by atoms with Crippen molar-refractivity contribution in [3.8, 4) is 0 Å². The van der Waals surface area contributed by atoms with Gasteiger partial charge in [0.25, 0.3) is 5.91 Å². The number of hydrogen-bond donors (Lipinski definition) is 0. The van der Waals surface area contributed by atoms with E-state index in [9.17, 15) is 31.2 Å². The molecule has 3 heterocycles. The molecule has 2 aromatic rings. The molecule has 0 spiro atoms. The van der Waals surface area contributed by atoms with Crippen LogP contribution in [-0.4, -0.2) is 73.1 Å². The van der Waals surface area contributed by atoms with Crippen molar-refractivity contribution in [3.63, 3.8) is 0 Å². The van der Waals surface area contributed by atoms with Gasteiger partial charge in [-0.15, -0.1) is 11.3 Å². The molecule has 12 heteroatoms. The molecule has 32 heavy (non-hydrogen) atoms. The molecule has 2 fully saturated rings. The summed E-state index contributed by atoms with van der Waals surface area (Å²) in [6.07, 6.45) is 1.21. The van der Waals surface area contributed by atoms with Crippen LogP contribution in [0.4, 0.5) is 13.2 Å². The molecule has 0 N–H and O–H groups in total. The highest BCUT2D eigenvalue weighted by Crippen LogP contribution is 2.26. The van der Waals surface area contributed by atoms with E-state index >= 15 is 0 Å². The van der Waals surface area contributed by atoms with Gasteiger partial charge in [0.1, 0.15) is 10.9 Å². The SMILES string of the molecule is O=C([C@@H]1CCCN1C(=O)c1cccs1)N1CCN(S(=O)(=O)c2ccc(F)c(F)c2F)CC1. The number of halogens is 3. The van der Waals surface area contributed by atoms with Gasteiger partial charge >= 0.3 is 0 Å². The van der Waals surface area contributed by atoms with E-state index in [0.29, 0.717) is 36.4 Å². The first-order chi connectivity index (χ1) is 15.2. The van der Waals surface area contributed by atoms with Crippen molar-refractivity contribution >= 4 is 33.2 Å². The Kier molecular flexibility index (Phi) is 6.28. The van der Waals surface area contributed by atoms with Crippen LogP contribution < -0.4 is 0 Å². The summed E-state index contributed by atoms with van der Waals surface area (Å²) in [6, 6.07) is 4.10. The maximum absolute atomic E-state index is 14.0. The van der Waals surface area contributed by atoms with Crippen LogP contribution in [0.5, 0.6) is 0 Å². The van der Waals surface area contributed by atoms with Gasteiger partial charge in [0.05, 0.1) is 4.88 Å². The lowest BCUT2D eigenvalue weighted by Crippen LogP contribution is -2.55. The fourth-order valence-corrected chi connectivity index (χ4v) is 6.17. The van der Waals surface area contributed by atoms with E-state index in [1.54, 1.807) is 22.4 Å². The van der Waals surface area contributed by atoms with Crippen molar-refractivity contribution in [2.45, 2.75) is 23.8 Å². The Balaban J connectivity index is 1.44. The first-order valence-corrected chi connectivity index (χ1v) is 12.3. The number of thiophene rings is 1. The molecule has 2 aliphatic rings. The van der Waals surface area contributed by atoms with E-state index in [1.165, 1.54) is 16.2 Å². The molecule has 1 aromatic heterocycles. The van der Waals surface area contributed by atoms with Crippen molar-refractivity contribution in [3.05, 3.63) is 52.0 Å². The number of nitrogens with zero attached hydrogens (tertiary/aromatic N) is 3. The fourth-order valence-electron chi connectivity index (χ4n) is 4.01. The average molecular weight is 488 g/mol. The van der Waals surface area contributed by atoms with Crippen molar-refractivity contribution in [2.75, 3.05) is 32.7 Å². The predicted molar refractivity (Wildman–Crippen MR) is 110 cm³/mol. The van der Waals surface area contributed by atoms with Crippen LogP contribution in [0.1, 0.15) is 22.5 Å². The molecule has 0 bridgehead atoms. The van der Waals surface area contributed by atoms with Crippen molar-refractivity contribution < 1.29 is 31.2 Å². The topological polar surface area (TPSA) is 78.0 Å². The van der Waals surface area contributed by atoms with Crippen LogP contribution in [0.25, 0.3) is 0 Å². The monoisotopic (exact) mass is 487 g/mol. The van der Waals surface area contributed by atoms with Crippen LogP contribution in [0.2, 0.25) is 0 Å². The third kappa shape index (κ3) is 4.02. The summed E-state index contributed by atoms with van der Waals surface area (Å²) in [7, 11) is -4.40. The normalized spacial score (nSPS) is 20.0. The number of carbonyl (C=O) groups excluding carboxylic acids is 2. The van der Waals surface area contributed by atoms with Gasteiger partial charge in [-0.05, 0) is 36.4 Å². The zero-order chi connectivity index (χ0) is 23.0. The first-order valence-electron chi connectivity index (χ1n) is 9.98. The third-order valence-corrected chi connectivity index (χ3v) is 8.47. The molecule has 172 valence electrons. The highest BCUT2D eigenvalue weighted by atomic mass is 32.2. The second kappa shape index (κ2) is 8.83. The summed E-state index contributed by atoms with van der Waals surface area (Å²) < 4.78 is 67.1. The molecule has 2 aliphatic heterocycles. The Morgan fingerprint density at radius 3 is 2.34 bits per heavy atom. The number of likely N-dealkylation sites (tertiary alicyclic amines) is 1. The highest BCUT2D eigenvalue weighted by Gasteiger charge is 2.39. The molecule has 7 nitrogen and oxygen atoms in total. The van der Waals surface area contributed by atoms with E-state index in [1.807, 2.05) is 0 Å². The zero-order valence-corrected chi connectivity index (χ0v) is 18.5. The molecule has 0 radical (unpaired) electrons. The Bertz CT molecular complexity index is 1130. The van der Waals surface area contributed by atoms with Crippen LogP contribution >= 0.6 is 11.3 Å². The Morgan fingerprint density at radius 2 is 1.69 bits per heavy atom.